The second-order valence-electron chi connectivity index (χ2n) is 4.78. The first-order chi connectivity index (χ1) is 8.07. The first-order valence-electron chi connectivity index (χ1n) is 6.58. The van der Waals surface area contributed by atoms with Crippen LogP contribution in [0.2, 0.25) is 0 Å². The summed E-state index contributed by atoms with van der Waals surface area (Å²) in [6.45, 7) is 6.47. The Morgan fingerprint density at radius 1 is 1.29 bits per heavy atom. The zero-order valence-electron chi connectivity index (χ0n) is 11.2. The first kappa shape index (κ1) is 14.8. The largest absolute Gasteiger partial charge is 0.383 e. The Hall–Kier alpha value is -0.260. The molecule has 0 radical (unpaired) electrons. The van der Waals surface area contributed by atoms with Gasteiger partial charge in [-0.2, -0.15) is 5.10 Å². The van der Waals surface area contributed by atoms with Gasteiger partial charge in [0.25, 0.3) is 0 Å². The van der Waals surface area contributed by atoms with E-state index in [-0.39, 0.29) is 0 Å². The van der Waals surface area contributed by atoms with Crippen LogP contribution in [0.4, 0.5) is 5.82 Å². The maximum Gasteiger partial charge on any atom is 0.135 e. The van der Waals surface area contributed by atoms with Crippen LogP contribution in [-0.2, 0) is 0 Å². The number of hydrogen-bond acceptors (Lipinski definition) is 2. The topological polar surface area (TPSA) is 43.8 Å². The molecule has 0 aliphatic carbocycles. The molecule has 0 saturated carbocycles. The Bertz CT molecular complexity index is 347. The summed E-state index contributed by atoms with van der Waals surface area (Å²) in [5, 5.41) is 4.51. The van der Waals surface area contributed by atoms with Gasteiger partial charge in [0.1, 0.15) is 5.82 Å². The quantitative estimate of drug-likeness (QED) is 0.589. The number of rotatable bonds is 7. The number of unbranched alkanes of at least 4 members (excludes halogenated alkanes) is 4. The fraction of sp³-hybridized carbons (Fsp3) is 0.769. The van der Waals surface area contributed by atoms with Gasteiger partial charge in [-0.15, -0.1) is 0 Å². The molecule has 2 N–H and O–H groups in total. The van der Waals surface area contributed by atoms with Crippen molar-refractivity contribution in [3.63, 3.8) is 0 Å². The lowest BCUT2D eigenvalue weighted by Gasteiger charge is -2.13. The van der Waals surface area contributed by atoms with Crippen molar-refractivity contribution in [2.45, 2.75) is 65.3 Å². The first-order valence-corrected chi connectivity index (χ1v) is 7.65. The average Bonchev–Trinajstić information content (AvgIpc) is 2.56. The van der Waals surface area contributed by atoms with Gasteiger partial charge in [0.2, 0.25) is 0 Å². The lowest BCUT2D eigenvalue weighted by molar-refractivity contribution is 0.437. The minimum absolute atomic E-state index is 0.416. The summed E-state index contributed by atoms with van der Waals surface area (Å²) < 4.78 is 3.08. The molecule has 17 heavy (non-hydrogen) atoms. The molecule has 0 saturated heterocycles. The number of nitrogens with zero attached hydrogens (tertiary/aromatic N) is 2. The summed E-state index contributed by atoms with van der Waals surface area (Å²) in [5.74, 6) is 0.823. The number of hydrogen-bond donors (Lipinski definition) is 1. The van der Waals surface area contributed by atoms with E-state index in [1.54, 1.807) is 0 Å². The van der Waals surface area contributed by atoms with Crippen molar-refractivity contribution in [3.05, 3.63) is 9.26 Å². The van der Waals surface area contributed by atoms with Gasteiger partial charge in [0.15, 0.2) is 0 Å². The summed E-state index contributed by atoms with van der Waals surface area (Å²) in [5.41, 5.74) is 7.09. The highest BCUT2D eigenvalue weighted by atomic mass is 127. The van der Waals surface area contributed by atoms with Gasteiger partial charge in [0, 0.05) is 0 Å². The highest BCUT2D eigenvalue weighted by molar-refractivity contribution is 14.1. The van der Waals surface area contributed by atoms with E-state index in [0.29, 0.717) is 6.04 Å². The van der Waals surface area contributed by atoms with Crippen molar-refractivity contribution in [2.75, 3.05) is 5.73 Å². The third-order valence-electron chi connectivity index (χ3n) is 3.19. The standard InChI is InChI=1S/C13H24IN3/c1-4-5-6-7-8-9-10(2)17-13(15)12(14)11(3)16-17/h10H,4-9,15H2,1-3H3. The molecule has 4 heteroatoms. The number of halogens is 1. The maximum absolute atomic E-state index is 6.05. The van der Waals surface area contributed by atoms with Crippen LogP contribution in [0.15, 0.2) is 0 Å². The molecule has 0 bridgehead atoms. The van der Waals surface area contributed by atoms with E-state index in [1.165, 1.54) is 38.5 Å². The molecule has 0 spiro atoms. The molecule has 1 rings (SSSR count). The minimum Gasteiger partial charge on any atom is -0.383 e. The second-order valence-corrected chi connectivity index (χ2v) is 5.86. The van der Waals surface area contributed by atoms with Crippen LogP contribution in [-0.4, -0.2) is 9.78 Å². The second kappa shape index (κ2) is 7.24. The lowest BCUT2D eigenvalue weighted by Crippen LogP contribution is -2.10. The monoisotopic (exact) mass is 349 g/mol. The van der Waals surface area contributed by atoms with E-state index in [1.807, 2.05) is 11.6 Å². The highest BCUT2D eigenvalue weighted by Crippen LogP contribution is 2.24. The van der Waals surface area contributed by atoms with Gasteiger partial charge < -0.3 is 5.73 Å². The van der Waals surface area contributed by atoms with E-state index < -0.39 is 0 Å². The fourth-order valence-corrected chi connectivity index (χ4v) is 2.40. The van der Waals surface area contributed by atoms with Gasteiger partial charge >= 0.3 is 0 Å². The van der Waals surface area contributed by atoms with Gasteiger partial charge in [-0.05, 0) is 42.9 Å². The van der Waals surface area contributed by atoms with Gasteiger partial charge in [0.05, 0.1) is 15.3 Å². The van der Waals surface area contributed by atoms with E-state index in [2.05, 4.69) is 41.5 Å². The molecule has 1 unspecified atom stereocenters. The molecule has 1 heterocycles. The molecule has 0 aromatic carbocycles. The van der Waals surface area contributed by atoms with Crippen molar-refractivity contribution < 1.29 is 0 Å². The van der Waals surface area contributed by atoms with Crippen molar-refractivity contribution in [1.82, 2.24) is 9.78 Å². The number of anilines is 1. The van der Waals surface area contributed by atoms with E-state index in [4.69, 9.17) is 5.73 Å². The molecule has 1 atom stereocenters. The summed E-state index contributed by atoms with van der Waals surface area (Å²) in [4.78, 5) is 0. The number of aryl methyl sites for hydroxylation is 1. The van der Waals surface area contributed by atoms with Gasteiger partial charge in [-0.3, -0.25) is 0 Å². The molecule has 3 nitrogen and oxygen atoms in total. The zero-order valence-corrected chi connectivity index (χ0v) is 13.3. The number of nitrogens with two attached hydrogens (primary N) is 1. The molecule has 1 aromatic rings. The SMILES string of the molecule is CCCCCCCC(C)n1nc(C)c(I)c1N. The molecule has 0 fully saturated rings. The van der Waals surface area contributed by atoms with Crippen LogP contribution in [0.25, 0.3) is 0 Å². The van der Waals surface area contributed by atoms with Crippen LogP contribution in [0.5, 0.6) is 0 Å². The zero-order chi connectivity index (χ0) is 12.8. The van der Waals surface area contributed by atoms with E-state index >= 15 is 0 Å². The smallest absolute Gasteiger partial charge is 0.135 e. The van der Waals surface area contributed by atoms with Crippen molar-refractivity contribution >= 4 is 28.4 Å². The highest BCUT2D eigenvalue weighted by Gasteiger charge is 2.14. The van der Waals surface area contributed by atoms with E-state index in [0.717, 1.165) is 15.1 Å². The van der Waals surface area contributed by atoms with Crippen molar-refractivity contribution in [2.24, 2.45) is 0 Å². The lowest BCUT2D eigenvalue weighted by atomic mass is 10.1. The Kier molecular flexibility index (Phi) is 6.30. The molecule has 0 amide bonds. The Morgan fingerprint density at radius 2 is 1.94 bits per heavy atom. The summed E-state index contributed by atoms with van der Waals surface area (Å²) in [7, 11) is 0. The Morgan fingerprint density at radius 3 is 2.47 bits per heavy atom. The summed E-state index contributed by atoms with van der Waals surface area (Å²) in [6, 6.07) is 0.416. The summed E-state index contributed by atoms with van der Waals surface area (Å²) >= 11 is 2.27. The fourth-order valence-electron chi connectivity index (χ4n) is 2.05. The predicted molar refractivity (Wildman–Crippen MR) is 82.2 cm³/mol. The van der Waals surface area contributed by atoms with Gasteiger partial charge in [-0.1, -0.05) is 39.0 Å². The molecule has 0 aliphatic rings. The number of aromatic nitrogens is 2. The molecule has 1 aromatic heterocycles. The summed E-state index contributed by atoms with van der Waals surface area (Å²) in [6.07, 6.45) is 7.79. The maximum atomic E-state index is 6.05. The van der Waals surface area contributed by atoms with Crippen molar-refractivity contribution in [1.29, 1.82) is 0 Å². The van der Waals surface area contributed by atoms with Crippen LogP contribution in [0, 0.1) is 10.5 Å². The normalized spacial score (nSPS) is 12.9. The predicted octanol–water partition coefficient (Wildman–Crippen LogP) is 4.30. The van der Waals surface area contributed by atoms with Crippen LogP contribution < -0.4 is 5.73 Å². The molecule has 0 aliphatic heterocycles. The minimum atomic E-state index is 0.416. The van der Waals surface area contributed by atoms with E-state index in [9.17, 15) is 0 Å². The Labute approximate surface area is 118 Å². The third kappa shape index (κ3) is 4.16. The third-order valence-corrected chi connectivity index (χ3v) is 4.52. The van der Waals surface area contributed by atoms with Crippen LogP contribution in [0.1, 0.15) is 64.1 Å². The number of nitrogen functional groups attached to an aromatic ring is 1. The van der Waals surface area contributed by atoms with Crippen molar-refractivity contribution in [3.8, 4) is 0 Å². The van der Waals surface area contributed by atoms with Crippen LogP contribution in [0.3, 0.4) is 0 Å². The molecule has 98 valence electrons. The average molecular weight is 349 g/mol. The molecular formula is C13H24IN3. The van der Waals surface area contributed by atoms with Crippen LogP contribution >= 0.6 is 22.6 Å². The Balaban J connectivity index is 2.41. The van der Waals surface area contributed by atoms with Gasteiger partial charge in [-0.25, -0.2) is 4.68 Å². The molecular weight excluding hydrogens is 325 g/mol.